The van der Waals surface area contributed by atoms with Crippen molar-refractivity contribution in [1.29, 1.82) is 0 Å². The molecular formula is C43H62N10O12. The maximum atomic E-state index is 14.2. The largest absolute Gasteiger partial charge is 0.481 e. The van der Waals surface area contributed by atoms with Crippen LogP contribution in [0.2, 0.25) is 0 Å². The number of hydrogen-bond acceptors (Lipinski definition) is 12. The van der Waals surface area contributed by atoms with Gasteiger partial charge in [0.05, 0.1) is 18.2 Å². The minimum atomic E-state index is -1.58. The van der Waals surface area contributed by atoms with E-state index in [1.165, 1.54) is 6.92 Å². The first-order valence-corrected chi connectivity index (χ1v) is 21.4. The van der Waals surface area contributed by atoms with Crippen LogP contribution in [-0.2, 0) is 51.2 Å². The lowest BCUT2D eigenvalue weighted by molar-refractivity contribution is -0.143. The number of nitrogens with one attached hydrogen (secondary N) is 7. The Morgan fingerprint density at radius 2 is 1.22 bits per heavy atom. The molecule has 0 spiro atoms. The summed E-state index contributed by atoms with van der Waals surface area (Å²) < 4.78 is 0. The SMILES string of the molecule is C[C@@H](O)[C@H](NC(=O)[C@@H]1CCCN1)C(=O)N[C@@H](CCC(=O)O)C(=O)NC(CN[C@@H](Cc1ccccc1)C(=O)N[C@@H](CCCN=C(N)N)C(=O)N[C@@H](CCC(=O)O)C(=O)O)Cc1ccccc1. The molecule has 0 bridgehead atoms. The van der Waals surface area contributed by atoms with Crippen molar-refractivity contribution in [2.75, 3.05) is 19.6 Å². The molecule has 5 amide bonds. The van der Waals surface area contributed by atoms with Crippen molar-refractivity contribution in [3.05, 3.63) is 71.8 Å². The van der Waals surface area contributed by atoms with Crippen molar-refractivity contribution < 1.29 is 58.8 Å². The first-order chi connectivity index (χ1) is 30.9. The Balaban J connectivity index is 1.90. The molecule has 1 aliphatic rings. The van der Waals surface area contributed by atoms with Gasteiger partial charge < -0.3 is 69.1 Å². The number of aliphatic hydroxyl groups is 1. The van der Waals surface area contributed by atoms with E-state index in [9.17, 15) is 53.7 Å². The molecule has 1 fully saturated rings. The maximum Gasteiger partial charge on any atom is 0.326 e. The number of carbonyl (C=O) groups is 8. The second-order valence-corrected chi connectivity index (χ2v) is 15.8. The van der Waals surface area contributed by atoms with Gasteiger partial charge in [-0.25, -0.2) is 4.79 Å². The number of carboxylic acid groups (broad SMARTS) is 3. The molecule has 356 valence electrons. The standard InChI is InChI=1S/C43H62N10O12/c1-25(54)36(53-37(59)29-14-8-20-46-29)41(63)51-31(16-18-34(55)56)38(60)49-28(22-26-10-4-2-5-11-26)24-48-33(23-27-12-6-3-7-13-27)40(62)50-30(15-9-21-47-43(44)45)39(61)52-32(42(64)65)17-19-35(57)58/h2-7,10-13,25,28-33,36,46,48,54H,8-9,14-24H2,1H3,(H,49,60)(H,50,62)(H,51,63)(H,52,61)(H,53,59)(H,55,56)(H,57,58)(H,64,65)(H4,44,45,47)/t25-,28?,29+,30+,31+,32+,33+,36+/m1/s1. The van der Waals surface area contributed by atoms with Crippen LogP contribution < -0.4 is 48.7 Å². The van der Waals surface area contributed by atoms with Crippen LogP contribution in [0.4, 0.5) is 0 Å². The summed E-state index contributed by atoms with van der Waals surface area (Å²) in [6.45, 7) is 1.86. The minimum absolute atomic E-state index is 0.0507. The molecule has 22 nitrogen and oxygen atoms in total. The number of amides is 5. The molecule has 1 heterocycles. The van der Waals surface area contributed by atoms with Crippen LogP contribution in [0.1, 0.15) is 69.4 Å². The number of guanidine groups is 1. The molecule has 2 aromatic carbocycles. The molecule has 22 heteroatoms. The van der Waals surface area contributed by atoms with Gasteiger partial charge in [0.25, 0.3) is 0 Å². The van der Waals surface area contributed by atoms with Crippen molar-refractivity contribution >= 4 is 53.4 Å². The van der Waals surface area contributed by atoms with Gasteiger partial charge >= 0.3 is 17.9 Å². The van der Waals surface area contributed by atoms with Gasteiger partial charge in [0.2, 0.25) is 29.5 Å². The van der Waals surface area contributed by atoms with E-state index in [0.717, 1.165) is 12.0 Å². The summed E-state index contributed by atoms with van der Waals surface area (Å²) in [4.78, 5) is 107. The monoisotopic (exact) mass is 910 g/mol. The third kappa shape index (κ3) is 19.7. The summed E-state index contributed by atoms with van der Waals surface area (Å²) in [7, 11) is 0. The number of carbonyl (C=O) groups excluding carboxylic acids is 5. The van der Waals surface area contributed by atoms with Gasteiger partial charge in [-0.1, -0.05) is 60.7 Å². The van der Waals surface area contributed by atoms with E-state index in [4.69, 9.17) is 16.6 Å². The highest BCUT2D eigenvalue weighted by molar-refractivity contribution is 5.94. The fraction of sp³-hybridized carbons (Fsp3) is 0.512. The Labute approximate surface area is 376 Å². The normalized spacial score (nSPS) is 16.5. The Kier molecular flexibility index (Phi) is 22.3. The van der Waals surface area contributed by atoms with Crippen molar-refractivity contribution in [3.63, 3.8) is 0 Å². The molecule has 15 N–H and O–H groups in total. The lowest BCUT2D eigenvalue weighted by atomic mass is 10.0. The number of carboxylic acids is 3. The average Bonchev–Trinajstić information content (AvgIpc) is 3.81. The van der Waals surface area contributed by atoms with Crippen LogP contribution in [0.3, 0.4) is 0 Å². The van der Waals surface area contributed by atoms with E-state index in [1.807, 2.05) is 0 Å². The fourth-order valence-corrected chi connectivity index (χ4v) is 6.97. The quantitative estimate of drug-likeness (QED) is 0.0235. The van der Waals surface area contributed by atoms with Crippen molar-refractivity contribution in [1.82, 2.24) is 37.2 Å². The first kappa shape index (κ1) is 52.7. The zero-order chi connectivity index (χ0) is 47.9. The van der Waals surface area contributed by atoms with E-state index < -0.39 is 115 Å². The van der Waals surface area contributed by atoms with Gasteiger partial charge in [0, 0.05) is 32.0 Å². The summed E-state index contributed by atoms with van der Waals surface area (Å²) in [5.41, 5.74) is 12.4. The third-order valence-corrected chi connectivity index (χ3v) is 10.4. The Hall–Kier alpha value is -6.65. The summed E-state index contributed by atoms with van der Waals surface area (Å²) in [5, 5.41) is 57.9. The van der Waals surface area contributed by atoms with Crippen molar-refractivity contribution in [3.8, 4) is 0 Å². The molecular weight excluding hydrogens is 849 g/mol. The molecule has 3 rings (SSSR count). The second kappa shape index (κ2) is 27.5. The molecule has 0 aliphatic carbocycles. The number of nitrogens with zero attached hydrogens (tertiary/aromatic N) is 1. The van der Waals surface area contributed by atoms with Crippen LogP contribution in [0, 0.1) is 0 Å². The van der Waals surface area contributed by atoms with Crippen LogP contribution in [0.25, 0.3) is 0 Å². The van der Waals surface area contributed by atoms with Crippen molar-refractivity contribution in [2.24, 2.45) is 16.5 Å². The zero-order valence-electron chi connectivity index (χ0n) is 36.2. The number of aliphatic imine (C=N–C) groups is 1. The van der Waals surface area contributed by atoms with Gasteiger partial charge in [0.1, 0.15) is 24.2 Å². The Bertz CT molecular complexity index is 1930. The van der Waals surface area contributed by atoms with E-state index in [-0.39, 0.29) is 51.2 Å². The van der Waals surface area contributed by atoms with E-state index in [2.05, 4.69) is 42.2 Å². The zero-order valence-corrected chi connectivity index (χ0v) is 36.2. The minimum Gasteiger partial charge on any atom is -0.481 e. The lowest BCUT2D eigenvalue weighted by Gasteiger charge is -2.28. The van der Waals surface area contributed by atoms with Crippen LogP contribution in [0.5, 0.6) is 0 Å². The maximum absolute atomic E-state index is 14.2. The molecule has 2 aromatic rings. The molecule has 0 aromatic heterocycles. The van der Waals surface area contributed by atoms with Gasteiger partial charge in [-0.05, 0) is 76.0 Å². The number of hydrogen-bond donors (Lipinski definition) is 13. The molecule has 0 saturated carbocycles. The summed E-state index contributed by atoms with van der Waals surface area (Å²) in [6, 6.07) is 9.51. The second-order valence-electron chi connectivity index (χ2n) is 15.8. The Morgan fingerprint density at radius 3 is 1.75 bits per heavy atom. The van der Waals surface area contributed by atoms with Crippen LogP contribution in [-0.4, -0.2) is 142 Å². The van der Waals surface area contributed by atoms with Gasteiger partial charge in [-0.15, -0.1) is 0 Å². The summed E-state index contributed by atoms with van der Waals surface area (Å²) in [5.74, 6) is -8.00. The molecule has 1 saturated heterocycles. The fourth-order valence-electron chi connectivity index (χ4n) is 6.97. The number of aliphatic carboxylic acids is 3. The highest BCUT2D eigenvalue weighted by Crippen LogP contribution is 2.11. The number of benzene rings is 2. The predicted molar refractivity (Wildman–Crippen MR) is 236 cm³/mol. The number of aliphatic hydroxyl groups excluding tert-OH is 1. The Morgan fingerprint density at radius 1 is 0.692 bits per heavy atom. The summed E-state index contributed by atoms with van der Waals surface area (Å²) in [6.07, 6.45) is -1.60. The summed E-state index contributed by atoms with van der Waals surface area (Å²) >= 11 is 0. The molecule has 1 unspecified atom stereocenters. The number of rotatable bonds is 29. The highest BCUT2D eigenvalue weighted by Gasteiger charge is 2.34. The van der Waals surface area contributed by atoms with Gasteiger partial charge in [-0.2, -0.15) is 0 Å². The molecule has 0 radical (unpaired) electrons. The number of nitrogens with two attached hydrogens (primary N) is 2. The topological polar surface area (TPSA) is 366 Å². The van der Waals surface area contributed by atoms with E-state index in [1.54, 1.807) is 60.7 Å². The van der Waals surface area contributed by atoms with Gasteiger partial charge in [0.15, 0.2) is 5.96 Å². The van der Waals surface area contributed by atoms with Gasteiger partial charge in [-0.3, -0.25) is 38.6 Å². The smallest absolute Gasteiger partial charge is 0.326 e. The highest BCUT2D eigenvalue weighted by atomic mass is 16.4. The first-order valence-electron chi connectivity index (χ1n) is 21.4. The predicted octanol–water partition coefficient (Wildman–Crippen LogP) is -2.15. The molecule has 1 aliphatic heterocycles. The lowest BCUT2D eigenvalue weighted by Crippen LogP contribution is -2.60. The van der Waals surface area contributed by atoms with Crippen LogP contribution in [0.15, 0.2) is 65.7 Å². The van der Waals surface area contributed by atoms with Crippen molar-refractivity contribution in [2.45, 2.75) is 120 Å². The van der Waals surface area contributed by atoms with E-state index in [0.29, 0.717) is 18.5 Å². The van der Waals surface area contributed by atoms with E-state index >= 15 is 0 Å². The van der Waals surface area contributed by atoms with Crippen LogP contribution >= 0.6 is 0 Å². The average molecular weight is 911 g/mol. The molecule has 8 atom stereocenters. The third-order valence-electron chi connectivity index (χ3n) is 10.4. The molecule has 65 heavy (non-hydrogen) atoms.